The fraction of sp³-hybridized carbons (Fsp3) is 0.364. The largest absolute Gasteiger partial charge is 0.472 e. The molecule has 0 amide bonds. The van der Waals surface area contributed by atoms with Gasteiger partial charge in [0.1, 0.15) is 11.8 Å². The molecule has 82 valence electrons. The quantitative estimate of drug-likeness (QED) is 0.563. The molecule has 5 nitrogen and oxygen atoms in total. The average Bonchev–Trinajstić information content (AvgIpc) is 2.67. The Morgan fingerprint density at radius 3 is 3.00 bits per heavy atom. The summed E-state index contributed by atoms with van der Waals surface area (Å²) in [5.74, 6) is 0.578. The van der Waals surface area contributed by atoms with E-state index in [0.29, 0.717) is 18.6 Å². The Labute approximate surface area is 92.4 Å². The SMILES string of the molecule is CC[C@]1(C#N)Cc2cc([N+](=O)[O-])ccc2O1. The Morgan fingerprint density at radius 2 is 2.44 bits per heavy atom. The molecular formula is C11H10N2O3. The van der Waals surface area contributed by atoms with E-state index in [0.717, 1.165) is 5.56 Å². The molecule has 1 aromatic carbocycles. The van der Waals surface area contributed by atoms with Crippen molar-refractivity contribution in [3.8, 4) is 11.8 Å². The predicted octanol–water partition coefficient (Wildman–Crippen LogP) is 2.20. The van der Waals surface area contributed by atoms with E-state index in [1.165, 1.54) is 12.1 Å². The molecule has 0 saturated heterocycles. The number of rotatable bonds is 2. The molecule has 1 aliphatic rings. The smallest absolute Gasteiger partial charge is 0.269 e. The highest BCUT2D eigenvalue weighted by molar-refractivity contribution is 5.48. The molecule has 0 unspecified atom stereocenters. The van der Waals surface area contributed by atoms with Gasteiger partial charge in [-0.25, -0.2) is 0 Å². The van der Waals surface area contributed by atoms with Crippen LogP contribution in [0.15, 0.2) is 18.2 Å². The van der Waals surface area contributed by atoms with Crippen LogP contribution in [0, 0.1) is 21.4 Å². The third kappa shape index (κ3) is 1.48. The number of hydrogen-bond donors (Lipinski definition) is 0. The molecule has 1 aliphatic heterocycles. The van der Waals surface area contributed by atoms with Crippen molar-refractivity contribution in [1.29, 1.82) is 5.26 Å². The second kappa shape index (κ2) is 3.49. The van der Waals surface area contributed by atoms with Gasteiger partial charge in [0.15, 0.2) is 5.60 Å². The molecule has 0 radical (unpaired) electrons. The van der Waals surface area contributed by atoms with E-state index >= 15 is 0 Å². The Bertz CT molecular complexity index is 492. The van der Waals surface area contributed by atoms with E-state index < -0.39 is 10.5 Å². The Kier molecular flexibility index (Phi) is 2.27. The van der Waals surface area contributed by atoms with Crippen molar-refractivity contribution in [2.45, 2.75) is 25.4 Å². The van der Waals surface area contributed by atoms with Crippen LogP contribution in [0.25, 0.3) is 0 Å². The summed E-state index contributed by atoms with van der Waals surface area (Å²) in [6.07, 6.45) is 0.975. The zero-order valence-corrected chi connectivity index (χ0v) is 8.77. The van der Waals surface area contributed by atoms with Crippen molar-refractivity contribution >= 4 is 5.69 Å². The number of benzene rings is 1. The lowest BCUT2D eigenvalue weighted by Crippen LogP contribution is -2.31. The van der Waals surface area contributed by atoms with Gasteiger partial charge < -0.3 is 4.74 Å². The summed E-state index contributed by atoms with van der Waals surface area (Å²) in [5, 5.41) is 19.7. The number of nitrogens with zero attached hydrogens (tertiary/aromatic N) is 2. The number of hydrogen-bond acceptors (Lipinski definition) is 4. The average molecular weight is 218 g/mol. The highest BCUT2D eigenvalue weighted by atomic mass is 16.6. The highest BCUT2D eigenvalue weighted by Gasteiger charge is 2.38. The maximum Gasteiger partial charge on any atom is 0.269 e. The third-order valence-corrected chi connectivity index (χ3v) is 2.81. The van der Waals surface area contributed by atoms with Gasteiger partial charge in [0.2, 0.25) is 0 Å². The number of nitriles is 1. The zero-order chi connectivity index (χ0) is 11.8. The van der Waals surface area contributed by atoms with E-state index in [4.69, 9.17) is 10.00 Å². The van der Waals surface area contributed by atoms with E-state index in [1.54, 1.807) is 6.07 Å². The van der Waals surface area contributed by atoms with E-state index in [-0.39, 0.29) is 5.69 Å². The molecule has 5 heteroatoms. The summed E-state index contributed by atoms with van der Waals surface area (Å²) < 4.78 is 5.54. The summed E-state index contributed by atoms with van der Waals surface area (Å²) in [5.41, 5.74) is -0.0813. The van der Waals surface area contributed by atoms with Crippen molar-refractivity contribution in [1.82, 2.24) is 0 Å². The van der Waals surface area contributed by atoms with Gasteiger partial charge in [0.25, 0.3) is 5.69 Å². The van der Waals surface area contributed by atoms with Crippen molar-refractivity contribution in [3.05, 3.63) is 33.9 Å². The normalized spacial score (nSPS) is 22.0. The number of nitro groups is 1. The first-order valence-corrected chi connectivity index (χ1v) is 4.98. The summed E-state index contributed by atoms with van der Waals surface area (Å²) in [6.45, 7) is 1.86. The number of ether oxygens (including phenoxy) is 1. The van der Waals surface area contributed by atoms with Crippen LogP contribution >= 0.6 is 0 Å². The summed E-state index contributed by atoms with van der Waals surface area (Å²) in [4.78, 5) is 10.2. The van der Waals surface area contributed by atoms with Gasteiger partial charge in [-0.05, 0) is 12.5 Å². The minimum atomic E-state index is -0.850. The van der Waals surface area contributed by atoms with Gasteiger partial charge in [0, 0.05) is 24.1 Å². The van der Waals surface area contributed by atoms with Crippen LogP contribution in [-0.2, 0) is 6.42 Å². The maximum atomic E-state index is 10.6. The van der Waals surface area contributed by atoms with Crippen LogP contribution in [0.4, 0.5) is 5.69 Å². The summed E-state index contributed by atoms with van der Waals surface area (Å²) in [7, 11) is 0. The van der Waals surface area contributed by atoms with Gasteiger partial charge in [0.05, 0.1) is 4.92 Å². The van der Waals surface area contributed by atoms with Crippen molar-refractivity contribution in [2.24, 2.45) is 0 Å². The van der Waals surface area contributed by atoms with Gasteiger partial charge in [-0.1, -0.05) is 6.92 Å². The van der Waals surface area contributed by atoms with E-state index in [1.807, 2.05) is 6.92 Å². The predicted molar refractivity (Wildman–Crippen MR) is 56.1 cm³/mol. The van der Waals surface area contributed by atoms with Crippen LogP contribution in [-0.4, -0.2) is 10.5 Å². The van der Waals surface area contributed by atoms with E-state index in [9.17, 15) is 10.1 Å². The van der Waals surface area contributed by atoms with Crippen molar-refractivity contribution < 1.29 is 9.66 Å². The topological polar surface area (TPSA) is 76.2 Å². The number of fused-ring (bicyclic) bond motifs is 1. The zero-order valence-electron chi connectivity index (χ0n) is 8.77. The van der Waals surface area contributed by atoms with Crippen LogP contribution in [0.2, 0.25) is 0 Å². The molecule has 1 aromatic rings. The number of non-ortho nitro benzene ring substituents is 1. The number of nitro benzene ring substituents is 1. The molecule has 2 rings (SSSR count). The lowest BCUT2D eigenvalue weighted by atomic mass is 9.96. The standard InChI is InChI=1S/C11H10N2O3/c1-2-11(7-12)6-8-5-9(13(14)15)3-4-10(8)16-11/h3-5H,2,6H2,1H3/t11-/m1/s1. The summed E-state index contributed by atoms with van der Waals surface area (Å²) in [6, 6.07) is 6.56. The molecule has 0 saturated carbocycles. The molecule has 0 N–H and O–H groups in total. The minimum Gasteiger partial charge on any atom is -0.472 e. The van der Waals surface area contributed by atoms with Crippen LogP contribution < -0.4 is 4.74 Å². The molecule has 0 bridgehead atoms. The Balaban J connectivity index is 2.39. The van der Waals surface area contributed by atoms with Crippen LogP contribution in [0.5, 0.6) is 5.75 Å². The molecule has 0 aliphatic carbocycles. The molecule has 1 atom stereocenters. The molecule has 16 heavy (non-hydrogen) atoms. The first-order chi connectivity index (χ1) is 7.60. The van der Waals surface area contributed by atoms with Gasteiger partial charge >= 0.3 is 0 Å². The monoisotopic (exact) mass is 218 g/mol. The summed E-state index contributed by atoms with van der Waals surface area (Å²) >= 11 is 0. The fourth-order valence-electron chi connectivity index (χ4n) is 1.81. The molecule has 1 heterocycles. The highest BCUT2D eigenvalue weighted by Crippen LogP contribution is 2.38. The second-order valence-electron chi connectivity index (χ2n) is 3.79. The molecular weight excluding hydrogens is 208 g/mol. The molecule has 0 aromatic heterocycles. The molecule has 0 fully saturated rings. The van der Waals surface area contributed by atoms with Crippen LogP contribution in [0.3, 0.4) is 0 Å². The first-order valence-electron chi connectivity index (χ1n) is 4.98. The van der Waals surface area contributed by atoms with E-state index in [2.05, 4.69) is 6.07 Å². The van der Waals surface area contributed by atoms with Gasteiger partial charge in [-0.3, -0.25) is 10.1 Å². The minimum absolute atomic E-state index is 0.0344. The first kappa shape index (κ1) is 10.4. The maximum absolute atomic E-state index is 10.6. The van der Waals surface area contributed by atoms with Crippen molar-refractivity contribution in [3.63, 3.8) is 0 Å². The lowest BCUT2D eigenvalue weighted by Gasteiger charge is -2.17. The third-order valence-electron chi connectivity index (χ3n) is 2.81. The Hall–Kier alpha value is -2.09. The van der Waals surface area contributed by atoms with Crippen LogP contribution in [0.1, 0.15) is 18.9 Å². The second-order valence-corrected chi connectivity index (χ2v) is 3.79. The van der Waals surface area contributed by atoms with Crippen molar-refractivity contribution in [2.75, 3.05) is 0 Å². The Morgan fingerprint density at radius 1 is 1.69 bits per heavy atom. The van der Waals surface area contributed by atoms with Gasteiger partial charge in [-0.15, -0.1) is 0 Å². The fourth-order valence-corrected chi connectivity index (χ4v) is 1.81. The van der Waals surface area contributed by atoms with Gasteiger partial charge in [-0.2, -0.15) is 5.26 Å². The lowest BCUT2D eigenvalue weighted by molar-refractivity contribution is -0.384. The molecule has 0 spiro atoms.